The van der Waals surface area contributed by atoms with E-state index >= 15 is 0 Å². The lowest BCUT2D eigenvalue weighted by Crippen LogP contribution is -2.33. The Balaban J connectivity index is 1.31. The molecule has 4 rings (SSSR count). The maximum atomic E-state index is 13.0. The van der Waals surface area contributed by atoms with Crippen LogP contribution >= 0.6 is 0 Å². The molecule has 6 heteroatoms. The van der Waals surface area contributed by atoms with Gasteiger partial charge in [-0.25, -0.2) is 4.79 Å². The van der Waals surface area contributed by atoms with E-state index < -0.39 is 6.04 Å². The average molecular weight is 480 g/mol. The molecule has 36 heavy (non-hydrogen) atoms. The molecular formula is C30H29N3O3. The van der Waals surface area contributed by atoms with E-state index in [-0.39, 0.29) is 11.9 Å². The summed E-state index contributed by atoms with van der Waals surface area (Å²) >= 11 is 0. The minimum Gasteiger partial charge on any atom is -0.468 e. The molecule has 3 N–H and O–H groups in total. The number of ether oxygens (including phenoxy) is 1. The molecule has 0 spiro atoms. The summed E-state index contributed by atoms with van der Waals surface area (Å²) in [6, 6.07) is 34.0. The molecule has 0 saturated heterocycles. The number of carbonyl (C=O) groups is 2. The highest BCUT2D eigenvalue weighted by Crippen LogP contribution is 2.24. The van der Waals surface area contributed by atoms with Crippen molar-refractivity contribution in [3.63, 3.8) is 0 Å². The maximum Gasteiger partial charge on any atom is 0.327 e. The Kier molecular flexibility index (Phi) is 8.46. The molecule has 1 unspecified atom stereocenters. The van der Waals surface area contributed by atoms with Crippen molar-refractivity contribution < 1.29 is 14.3 Å². The number of methoxy groups -OCH3 is 1. The molecule has 0 aliphatic rings. The van der Waals surface area contributed by atoms with E-state index in [0.717, 1.165) is 22.4 Å². The first kappa shape index (κ1) is 24.7. The Morgan fingerprint density at radius 1 is 0.722 bits per heavy atom. The molecule has 1 amide bonds. The summed E-state index contributed by atoms with van der Waals surface area (Å²) in [6.07, 6.45) is 0. The van der Waals surface area contributed by atoms with Gasteiger partial charge in [-0.1, -0.05) is 78.9 Å². The second-order valence-corrected chi connectivity index (χ2v) is 8.19. The van der Waals surface area contributed by atoms with Crippen LogP contribution in [0.25, 0.3) is 11.1 Å². The van der Waals surface area contributed by atoms with E-state index in [2.05, 4.69) is 16.0 Å². The van der Waals surface area contributed by atoms with Crippen LogP contribution in [-0.2, 0) is 9.53 Å². The average Bonchev–Trinajstić information content (AvgIpc) is 2.94. The molecule has 4 aromatic rings. The van der Waals surface area contributed by atoms with E-state index in [0.29, 0.717) is 24.3 Å². The van der Waals surface area contributed by atoms with E-state index in [1.54, 1.807) is 0 Å². The molecule has 0 aromatic heterocycles. The summed E-state index contributed by atoms with van der Waals surface area (Å²) in [5.41, 5.74) is 4.99. The monoisotopic (exact) mass is 479 g/mol. The van der Waals surface area contributed by atoms with Gasteiger partial charge >= 0.3 is 5.97 Å². The molecule has 0 aliphatic carbocycles. The lowest BCUT2D eigenvalue weighted by atomic mass is 9.99. The van der Waals surface area contributed by atoms with E-state index in [1.807, 2.05) is 109 Å². The standard InChI is InChI=1S/C30H29N3O3/c1-36-30(35)28(23-12-6-3-7-13-23)32-21-20-31-24-16-18-25(19-17-24)33-29(34)27-15-9-8-14-26(27)22-10-4-2-5-11-22/h2-19,28,31-32H,20-21H2,1H3,(H,33,34). The van der Waals surface area contributed by atoms with Gasteiger partial charge in [0.15, 0.2) is 0 Å². The van der Waals surface area contributed by atoms with Gasteiger partial charge in [-0.3, -0.25) is 10.1 Å². The molecule has 182 valence electrons. The van der Waals surface area contributed by atoms with Crippen LogP contribution in [0.2, 0.25) is 0 Å². The topological polar surface area (TPSA) is 79.5 Å². The summed E-state index contributed by atoms with van der Waals surface area (Å²) in [6.45, 7) is 1.17. The number of esters is 1. The number of anilines is 2. The SMILES string of the molecule is COC(=O)C(NCCNc1ccc(NC(=O)c2ccccc2-c2ccccc2)cc1)c1ccccc1. The number of rotatable bonds is 10. The molecule has 4 aromatic carbocycles. The fourth-order valence-electron chi connectivity index (χ4n) is 3.94. The smallest absolute Gasteiger partial charge is 0.327 e. The van der Waals surface area contributed by atoms with Crippen LogP contribution in [0.15, 0.2) is 109 Å². The lowest BCUT2D eigenvalue weighted by Gasteiger charge is -2.17. The molecular weight excluding hydrogens is 450 g/mol. The van der Waals surface area contributed by atoms with Crippen LogP contribution in [0.3, 0.4) is 0 Å². The lowest BCUT2D eigenvalue weighted by molar-refractivity contribution is -0.143. The van der Waals surface area contributed by atoms with Crippen LogP contribution in [-0.4, -0.2) is 32.1 Å². The van der Waals surface area contributed by atoms with Gasteiger partial charge < -0.3 is 15.4 Å². The van der Waals surface area contributed by atoms with Gasteiger partial charge in [-0.15, -0.1) is 0 Å². The van der Waals surface area contributed by atoms with Gasteiger partial charge in [0.05, 0.1) is 7.11 Å². The molecule has 0 bridgehead atoms. The van der Waals surface area contributed by atoms with Gasteiger partial charge in [0.2, 0.25) is 0 Å². The van der Waals surface area contributed by atoms with Crippen molar-refractivity contribution in [2.75, 3.05) is 30.8 Å². The van der Waals surface area contributed by atoms with Crippen molar-refractivity contribution in [2.24, 2.45) is 0 Å². The van der Waals surface area contributed by atoms with Gasteiger partial charge in [-0.05, 0) is 47.0 Å². The first-order valence-corrected chi connectivity index (χ1v) is 11.8. The Morgan fingerprint density at radius 3 is 2.03 bits per heavy atom. The predicted molar refractivity (Wildman–Crippen MR) is 144 cm³/mol. The van der Waals surface area contributed by atoms with Gasteiger partial charge in [-0.2, -0.15) is 0 Å². The van der Waals surface area contributed by atoms with Crippen molar-refractivity contribution >= 4 is 23.3 Å². The van der Waals surface area contributed by atoms with E-state index in [1.165, 1.54) is 7.11 Å². The quantitative estimate of drug-likeness (QED) is 0.206. The normalized spacial score (nSPS) is 11.4. The van der Waals surface area contributed by atoms with Crippen molar-refractivity contribution in [1.29, 1.82) is 0 Å². The van der Waals surface area contributed by atoms with Crippen LogP contribution in [0.1, 0.15) is 22.0 Å². The third kappa shape index (κ3) is 6.37. The summed E-state index contributed by atoms with van der Waals surface area (Å²) in [5, 5.41) is 9.55. The molecule has 6 nitrogen and oxygen atoms in total. The zero-order chi connectivity index (χ0) is 25.2. The second kappa shape index (κ2) is 12.3. The summed E-state index contributed by atoms with van der Waals surface area (Å²) in [4.78, 5) is 25.2. The largest absolute Gasteiger partial charge is 0.468 e. The highest BCUT2D eigenvalue weighted by molar-refractivity contribution is 6.08. The van der Waals surface area contributed by atoms with Crippen molar-refractivity contribution in [3.8, 4) is 11.1 Å². The molecule has 0 saturated carbocycles. The van der Waals surface area contributed by atoms with Crippen LogP contribution in [0.5, 0.6) is 0 Å². The zero-order valence-electron chi connectivity index (χ0n) is 20.1. The molecule has 1 atom stereocenters. The Morgan fingerprint density at radius 2 is 1.33 bits per heavy atom. The second-order valence-electron chi connectivity index (χ2n) is 8.19. The fourth-order valence-corrected chi connectivity index (χ4v) is 3.94. The van der Waals surface area contributed by atoms with Crippen LogP contribution in [0, 0.1) is 0 Å². The number of hydrogen-bond donors (Lipinski definition) is 3. The number of carbonyl (C=O) groups excluding carboxylic acids is 2. The van der Waals surface area contributed by atoms with Crippen molar-refractivity contribution in [2.45, 2.75) is 6.04 Å². The minimum absolute atomic E-state index is 0.158. The molecule has 0 fully saturated rings. The molecule has 0 radical (unpaired) electrons. The van der Waals surface area contributed by atoms with E-state index in [4.69, 9.17) is 4.74 Å². The summed E-state index contributed by atoms with van der Waals surface area (Å²) in [5.74, 6) is -0.482. The number of nitrogens with one attached hydrogen (secondary N) is 3. The Bertz CT molecular complexity index is 1280. The third-order valence-corrected chi connectivity index (χ3v) is 5.77. The van der Waals surface area contributed by atoms with E-state index in [9.17, 15) is 9.59 Å². The number of hydrogen-bond acceptors (Lipinski definition) is 5. The van der Waals surface area contributed by atoms with Crippen LogP contribution in [0.4, 0.5) is 11.4 Å². The third-order valence-electron chi connectivity index (χ3n) is 5.77. The molecule has 0 aliphatic heterocycles. The minimum atomic E-state index is -0.519. The zero-order valence-corrected chi connectivity index (χ0v) is 20.1. The Hall–Kier alpha value is -4.42. The highest BCUT2D eigenvalue weighted by atomic mass is 16.5. The van der Waals surface area contributed by atoms with Crippen molar-refractivity contribution in [3.05, 3.63) is 120 Å². The van der Waals surface area contributed by atoms with Gasteiger partial charge in [0.25, 0.3) is 5.91 Å². The van der Waals surface area contributed by atoms with Crippen LogP contribution < -0.4 is 16.0 Å². The highest BCUT2D eigenvalue weighted by Gasteiger charge is 2.20. The molecule has 0 heterocycles. The van der Waals surface area contributed by atoms with Gasteiger partial charge in [0, 0.05) is 30.0 Å². The summed E-state index contributed by atoms with van der Waals surface area (Å²) in [7, 11) is 1.39. The van der Waals surface area contributed by atoms with Crippen molar-refractivity contribution in [1.82, 2.24) is 5.32 Å². The predicted octanol–water partition coefficient (Wildman–Crippen LogP) is 5.52. The first-order valence-electron chi connectivity index (χ1n) is 11.8. The number of amides is 1. The van der Waals surface area contributed by atoms with Gasteiger partial charge in [0.1, 0.15) is 6.04 Å². The first-order chi connectivity index (χ1) is 17.7. The Labute approximate surface area is 211 Å². The summed E-state index contributed by atoms with van der Waals surface area (Å²) < 4.78 is 4.93. The number of benzene rings is 4. The fraction of sp³-hybridized carbons (Fsp3) is 0.133. The maximum absolute atomic E-state index is 13.0.